The minimum atomic E-state index is -0.170. The Balaban J connectivity index is 1.97. The number of ether oxygens (including phenoxy) is 1. The van der Waals surface area contributed by atoms with Gasteiger partial charge in [-0.15, -0.1) is 0 Å². The highest BCUT2D eigenvalue weighted by atomic mass is 16.5. The van der Waals surface area contributed by atoms with Gasteiger partial charge in [-0.3, -0.25) is 4.79 Å². The maximum Gasteiger partial charge on any atom is 0.165 e. The molecule has 104 valence electrons. The van der Waals surface area contributed by atoms with Crippen molar-refractivity contribution in [2.45, 2.75) is 58.0 Å². The van der Waals surface area contributed by atoms with Crippen molar-refractivity contribution in [3.8, 4) is 0 Å². The number of hydrogen-bond donors (Lipinski definition) is 0. The van der Waals surface area contributed by atoms with E-state index in [9.17, 15) is 4.79 Å². The second kappa shape index (κ2) is 5.87. The van der Waals surface area contributed by atoms with Crippen molar-refractivity contribution >= 4 is 5.78 Å². The normalized spacial score (nSPS) is 20.3. The molecule has 2 rings (SSSR count). The number of carbonyl (C=O) groups is 1. The Hall–Kier alpha value is -1.15. The summed E-state index contributed by atoms with van der Waals surface area (Å²) in [6, 6.07) is 8.40. The molecule has 2 nitrogen and oxygen atoms in total. The van der Waals surface area contributed by atoms with E-state index in [0.717, 1.165) is 31.4 Å². The molecule has 1 aromatic carbocycles. The molecule has 0 aliphatic carbocycles. The summed E-state index contributed by atoms with van der Waals surface area (Å²) >= 11 is 0. The summed E-state index contributed by atoms with van der Waals surface area (Å²) in [5.41, 5.74) is 2.56. The molecule has 19 heavy (non-hydrogen) atoms. The molecule has 0 saturated carbocycles. The van der Waals surface area contributed by atoms with Gasteiger partial charge in [-0.1, -0.05) is 45.0 Å². The van der Waals surface area contributed by atoms with Crippen LogP contribution in [0.25, 0.3) is 0 Å². The molecule has 0 amide bonds. The Morgan fingerprint density at radius 1 is 1.21 bits per heavy atom. The number of ketones is 1. The molecular weight excluding hydrogens is 236 g/mol. The van der Waals surface area contributed by atoms with E-state index in [0.29, 0.717) is 6.42 Å². The molecule has 1 fully saturated rings. The van der Waals surface area contributed by atoms with Gasteiger partial charge in [0, 0.05) is 13.0 Å². The zero-order valence-electron chi connectivity index (χ0n) is 12.2. The van der Waals surface area contributed by atoms with E-state index in [-0.39, 0.29) is 17.3 Å². The van der Waals surface area contributed by atoms with Gasteiger partial charge in [0.1, 0.15) is 6.10 Å². The van der Waals surface area contributed by atoms with Crippen LogP contribution >= 0.6 is 0 Å². The first-order valence-corrected chi connectivity index (χ1v) is 7.20. The van der Waals surface area contributed by atoms with Gasteiger partial charge in [-0.05, 0) is 35.8 Å². The van der Waals surface area contributed by atoms with E-state index in [4.69, 9.17) is 4.74 Å². The molecule has 1 heterocycles. The molecule has 0 bridgehead atoms. The van der Waals surface area contributed by atoms with Crippen molar-refractivity contribution in [2.75, 3.05) is 6.61 Å². The van der Waals surface area contributed by atoms with Gasteiger partial charge in [0.2, 0.25) is 0 Å². The molecule has 0 N–H and O–H groups in total. The molecule has 1 atom stereocenters. The third-order valence-electron chi connectivity index (χ3n) is 3.74. The van der Waals surface area contributed by atoms with Crippen LogP contribution in [0.15, 0.2) is 24.3 Å². The molecule has 1 unspecified atom stereocenters. The molecule has 1 aromatic rings. The minimum absolute atomic E-state index is 0.162. The highest BCUT2D eigenvalue weighted by molar-refractivity contribution is 5.85. The van der Waals surface area contributed by atoms with Crippen LogP contribution in [0.3, 0.4) is 0 Å². The molecule has 1 aliphatic rings. The topological polar surface area (TPSA) is 26.3 Å². The second-order valence-electron chi connectivity index (χ2n) is 6.45. The van der Waals surface area contributed by atoms with E-state index in [2.05, 4.69) is 45.0 Å². The van der Waals surface area contributed by atoms with E-state index >= 15 is 0 Å². The van der Waals surface area contributed by atoms with Crippen LogP contribution in [0.5, 0.6) is 0 Å². The van der Waals surface area contributed by atoms with Gasteiger partial charge in [-0.25, -0.2) is 0 Å². The maximum atomic E-state index is 12.1. The summed E-state index contributed by atoms with van der Waals surface area (Å²) in [4.78, 5) is 12.1. The predicted octanol–water partition coefficient (Wildman–Crippen LogP) is 3.66. The first-order chi connectivity index (χ1) is 8.97. The average Bonchev–Trinajstić information content (AvgIpc) is 2.39. The lowest BCUT2D eigenvalue weighted by atomic mass is 9.86. The first kappa shape index (κ1) is 14.3. The molecule has 0 aromatic heterocycles. The molecule has 1 aliphatic heterocycles. The van der Waals surface area contributed by atoms with Gasteiger partial charge in [0.05, 0.1) is 0 Å². The highest BCUT2D eigenvalue weighted by Crippen LogP contribution is 2.23. The zero-order valence-corrected chi connectivity index (χ0v) is 12.2. The largest absolute Gasteiger partial charge is 0.370 e. The van der Waals surface area contributed by atoms with E-state index in [1.807, 2.05) is 0 Å². The van der Waals surface area contributed by atoms with E-state index in [1.165, 1.54) is 5.56 Å². The van der Waals surface area contributed by atoms with Crippen molar-refractivity contribution in [2.24, 2.45) is 0 Å². The van der Waals surface area contributed by atoms with Crippen molar-refractivity contribution in [3.05, 3.63) is 35.4 Å². The molecule has 1 saturated heterocycles. The van der Waals surface area contributed by atoms with Gasteiger partial charge in [0.15, 0.2) is 5.78 Å². The van der Waals surface area contributed by atoms with Crippen LogP contribution in [0.2, 0.25) is 0 Å². The second-order valence-corrected chi connectivity index (χ2v) is 6.45. The van der Waals surface area contributed by atoms with E-state index < -0.39 is 0 Å². The van der Waals surface area contributed by atoms with Gasteiger partial charge in [-0.2, -0.15) is 0 Å². The number of rotatable bonds is 3. The Morgan fingerprint density at radius 3 is 2.42 bits per heavy atom. The van der Waals surface area contributed by atoms with Gasteiger partial charge in [0.25, 0.3) is 0 Å². The fourth-order valence-corrected chi connectivity index (χ4v) is 2.43. The number of benzene rings is 1. The lowest BCUT2D eigenvalue weighted by Crippen LogP contribution is -2.29. The Bertz CT molecular complexity index is 420. The summed E-state index contributed by atoms with van der Waals surface area (Å²) in [6.07, 6.45) is 3.41. The van der Waals surface area contributed by atoms with Crippen molar-refractivity contribution in [1.82, 2.24) is 0 Å². The van der Waals surface area contributed by atoms with Crippen molar-refractivity contribution < 1.29 is 9.53 Å². The van der Waals surface area contributed by atoms with Crippen LogP contribution in [-0.2, 0) is 21.4 Å². The van der Waals surface area contributed by atoms with E-state index in [1.54, 1.807) is 0 Å². The molecular formula is C17H24O2. The minimum Gasteiger partial charge on any atom is -0.370 e. The number of carbonyl (C=O) groups excluding carboxylic acids is 1. The van der Waals surface area contributed by atoms with Crippen LogP contribution < -0.4 is 0 Å². The zero-order chi connectivity index (χ0) is 13.9. The number of Topliss-reactive ketones (excluding diaryl/α,β-unsaturated/α-hetero) is 1. The standard InChI is InChI=1S/C17H24O2/c1-17(2,3)14-9-7-13(8-10-14)12-15(18)16-6-4-5-11-19-16/h7-10,16H,4-6,11-12H2,1-3H3. The fraction of sp³-hybridized carbons (Fsp3) is 0.588. The van der Waals surface area contributed by atoms with Crippen LogP contribution in [0, 0.1) is 0 Å². The van der Waals surface area contributed by atoms with Crippen LogP contribution in [-0.4, -0.2) is 18.5 Å². The molecule has 0 spiro atoms. The Kier molecular flexibility index (Phi) is 4.41. The summed E-state index contributed by atoms with van der Waals surface area (Å²) < 4.78 is 5.54. The SMILES string of the molecule is CC(C)(C)c1ccc(CC(=O)C2CCCCO2)cc1. The maximum absolute atomic E-state index is 12.1. The quantitative estimate of drug-likeness (QED) is 0.829. The van der Waals surface area contributed by atoms with Crippen LogP contribution in [0.4, 0.5) is 0 Å². The average molecular weight is 260 g/mol. The summed E-state index contributed by atoms with van der Waals surface area (Å²) in [7, 11) is 0. The van der Waals surface area contributed by atoms with Crippen molar-refractivity contribution in [1.29, 1.82) is 0 Å². The fourth-order valence-electron chi connectivity index (χ4n) is 2.43. The summed E-state index contributed by atoms with van der Waals surface area (Å²) in [5.74, 6) is 0.225. The lowest BCUT2D eigenvalue weighted by Gasteiger charge is -2.22. The predicted molar refractivity (Wildman–Crippen MR) is 77.4 cm³/mol. The third kappa shape index (κ3) is 3.90. The molecule has 2 heteroatoms. The molecule has 0 radical (unpaired) electrons. The highest BCUT2D eigenvalue weighted by Gasteiger charge is 2.22. The monoisotopic (exact) mass is 260 g/mol. The Labute approximate surface area is 116 Å². The van der Waals surface area contributed by atoms with Gasteiger partial charge >= 0.3 is 0 Å². The first-order valence-electron chi connectivity index (χ1n) is 7.20. The summed E-state index contributed by atoms with van der Waals surface area (Å²) in [5, 5.41) is 0. The van der Waals surface area contributed by atoms with Gasteiger partial charge < -0.3 is 4.74 Å². The van der Waals surface area contributed by atoms with Crippen molar-refractivity contribution in [3.63, 3.8) is 0 Å². The van der Waals surface area contributed by atoms with Crippen LogP contribution in [0.1, 0.15) is 51.2 Å². The lowest BCUT2D eigenvalue weighted by molar-refractivity contribution is -0.132. The number of hydrogen-bond acceptors (Lipinski definition) is 2. The Morgan fingerprint density at radius 2 is 1.89 bits per heavy atom. The smallest absolute Gasteiger partial charge is 0.165 e. The third-order valence-corrected chi connectivity index (χ3v) is 3.74. The summed E-state index contributed by atoms with van der Waals surface area (Å²) in [6.45, 7) is 7.33.